The summed E-state index contributed by atoms with van der Waals surface area (Å²) in [5.74, 6) is 0.562. The monoisotopic (exact) mass is 344 g/mol. The number of aromatic nitrogens is 2. The van der Waals surface area contributed by atoms with Gasteiger partial charge in [-0.1, -0.05) is 6.07 Å². The number of fused-ring (bicyclic) bond motifs is 3. The number of amides is 1. The van der Waals surface area contributed by atoms with Crippen LogP contribution in [0.15, 0.2) is 24.5 Å². The summed E-state index contributed by atoms with van der Waals surface area (Å²) < 4.78 is 16.0. The molecule has 1 aromatic carbocycles. The SMILES string of the molecule is CNC(=O)C1CCCN(c2ncnc3c2sc2cccc(F)c23)C1. The summed E-state index contributed by atoms with van der Waals surface area (Å²) in [5, 5.41) is 3.28. The second-order valence-corrected chi connectivity index (χ2v) is 7.04. The van der Waals surface area contributed by atoms with Crippen LogP contribution in [0.25, 0.3) is 20.3 Å². The summed E-state index contributed by atoms with van der Waals surface area (Å²) in [6.07, 6.45) is 3.30. The number of piperidine rings is 1. The van der Waals surface area contributed by atoms with Crippen molar-refractivity contribution in [2.24, 2.45) is 5.92 Å². The van der Waals surface area contributed by atoms with E-state index >= 15 is 0 Å². The summed E-state index contributed by atoms with van der Waals surface area (Å²) in [4.78, 5) is 22.9. The van der Waals surface area contributed by atoms with Gasteiger partial charge < -0.3 is 10.2 Å². The van der Waals surface area contributed by atoms with Gasteiger partial charge in [0.2, 0.25) is 5.91 Å². The number of rotatable bonds is 2. The lowest BCUT2D eigenvalue weighted by Crippen LogP contribution is -2.42. The highest BCUT2D eigenvalue weighted by Crippen LogP contribution is 2.39. The Morgan fingerprint density at radius 2 is 2.29 bits per heavy atom. The molecule has 5 nitrogen and oxygen atoms in total. The second kappa shape index (κ2) is 5.98. The van der Waals surface area contributed by atoms with Crippen molar-refractivity contribution >= 4 is 43.4 Å². The molecule has 0 spiro atoms. The van der Waals surface area contributed by atoms with Crippen LogP contribution in [0.2, 0.25) is 0 Å². The first-order chi connectivity index (χ1) is 11.7. The average Bonchev–Trinajstić information content (AvgIpc) is 3.01. The molecule has 4 rings (SSSR count). The van der Waals surface area contributed by atoms with Crippen molar-refractivity contribution in [2.45, 2.75) is 12.8 Å². The van der Waals surface area contributed by atoms with E-state index in [-0.39, 0.29) is 17.6 Å². The number of halogens is 1. The molecule has 7 heteroatoms. The Morgan fingerprint density at radius 3 is 3.12 bits per heavy atom. The molecule has 1 aliphatic rings. The molecular weight excluding hydrogens is 327 g/mol. The fourth-order valence-electron chi connectivity index (χ4n) is 3.38. The number of nitrogens with one attached hydrogen (secondary N) is 1. The molecule has 3 aromatic rings. The van der Waals surface area contributed by atoms with E-state index in [0.717, 1.165) is 34.6 Å². The first kappa shape index (κ1) is 15.3. The van der Waals surface area contributed by atoms with E-state index in [0.29, 0.717) is 17.4 Å². The minimum absolute atomic E-state index is 0.0418. The standard InChI is InChI=1S/C17H17FN4OS/c1-19-17(23)10-4-3-7-22(8-10)16-15-14(20-9-21-16)13-11(18)5-2-6-12(13)24-15/h2,5-6,9-10H,3-4,7-8H2,1H3,(H,19,23). The summed E-state index contributed by atoms with van der Waals surface area (Å²) in [6, 6.07) is 5.07. The van der Waals surface area contributed by atoms with Crippen molar-refractivity contribution in [3.8, 4) is 0 Å². The van der Waals surface area contributed by atoms with Crippen molar-refractivity contribution in [2.75, 3.05) is 25.0 Å². The smallest absolute Gasteiger partial charge is 0.224 e. The largest absolute Gasteiger partial charge is 0.359 e. The van der Waals surface area contributed by atoms with E-state index < -0.39 is 0 Å². The topological polar surface area (TPSA) is 58.1 Å². The zero-order chi connectivity index (χ0) is 16.7. The van der Waals surface area contributed by atoms with Gasteiger partial charge in [-0.3, -0.25) is 4.79 Å². The van der Waals surface area contributed by atoms with Crippen LogP contribution in [-0.2, 0) is 4.79 Å². The Bertz CT molecular complexity index is 925. The van der Waals surface area contributed by atoms with Crippen LogP contribution in [-0.4, -0.2) is 36.0 Å². The molecule has 0 saturated carbocycles. The number of anilines is 1. The second-order valence-electron chi connectivity index (χ2n) is 5.99. The number of hydrogen-bond donors (Lipinski definition) is 1. The maximum absolute atomic E-state index is 14.2. The Morgan fingerprint density at radius 1 is 1.42 bits per heavy atom. The van der Waals surface area contributed by atoms with Crippen LogP contribution in [0.3, 0.4) is 0 Å². The molecule has 1 saturated heterocycles. The first-order valence-electron chi connectivity index (χ1n) is 7.97. The fourth-order valence-corrected chi connectivity index (χ4v) is 4.57. The van der Waals surface area contributed by atoms with Gasteiger partial charge in [-0.05, 0) is 25.0 Å². The van der Waals surface area contributed by atoms with E-state index in [1.807, 2.05) is 6.07 Å². The van der Waals surface area contributed by atoms with Crippen LogP contribution < -0.4 is 10.2 Å². The van der Waals surface area contributed by atoms with Gasteiger partial charge in [0, 0.05) is 24.8 Å². The highest BCUT2D eigenvalue weighted by atomic mass is 32.1. The third-order valence-electron chi connectivity index (χ3n) is 4.55. The number of carbonyl (C=O) groups is 1. The summed E-state index contributed by atoms with van der Waals surface area (Å²) in [7, 11) is 1.67. The first-order valence-corrected chi connectivity index (χ1v) is 8.79. The van der Waals surface area contributed by atoms with Gasteiger partial charge in [-0.15, -0.1) is 11.3 Å². The van der Waals surface area contributed by atoms with E-state index in [1.54, 1.807) is 13.1 Å². The third-order valence-corrected chi connectivity index (χ3v) is 5.69. The quantitative estimate of drug-likeness (QED) is 0.776. The Hall–Kier alpha value is -2.28. The van der Waals surface area contributed by atoms with Crippen LogP contribution in [0.4, 0.5) is 10.2 Å². The zero-order valence-electron chi connectivity index (χ0n) is 13.3. The summed E-state index contributed by atoms with van der Waals surface area (Å²) >= 11 is 1.50. The van der Waals surface area contributed by atoms with Gasteiger partial charge in [0.25, 0.3) is 0 Å². The molecule has 0 bridgehead atoms. The molecule has 124 valence electrons. The van der Waals surface area contributed by atoms with Crippen molar-refractivity contribution in [1.82, 2.24) is 15.3 Å². The molecular formula is C17H17FN4OS. The highest BCUT2D eigenvalue weighted by Gasteiger charge is 2.27. The average molecular weight is 344 g/mol. The van der Waals surface area contributed by atoms with Gasteiger partial charge in [-0.25, -0.2) is 14.4 Å². The molecule has 1 atom stereocenters. The summed E-state index contributed by atoms with van der Waals surface area (Å²) in [6.45, 7) is 1.47. The number of hydrogen-bond acceptors (Lipinski definition) is 5. The van der Waals surface area contributed by atoms with E-state index in [2.05, 4.69) is 20.2 Å². The normalized spacial score (nSPS) is 18.2. The Kier molecular flexibility index (Phi) is 3.80. The van der Waals surface area contributed by atoms with Gasteiger partial charge in [0.15, 0.2) is 0 Å². The van der Waals surface area contributed by atoms with Crippen molar-refractivity contribution in [1.29, 1.82) is 0 Å². The molecule has 1 aliphatic heterocycles. The summed E-state index contributed by atoms with van der Waals surface area (Å²) in [5.41, 5.74) is 0.653. The zero-order valence-corrected chi connectivity index (χ0v) is 14.1. The molecule has 1 amide bonds. The predicted octanol–water partition coefficient (Wildman–Crippen LogP) is 2.95. The number of carbonyl (C=O) groups excluding carboxylic acids is 1. The van der Waals surface area contributed by atoms with Crippen molar-refractivity contribution in [3.63, 3.8) is 0 Å². The van der Waals surface area contributed by atoms with Crippen molar-refractivity contribution in [3.05, 3.63) is 30.3 Å². The minimum atomic E-state index is -0.259. The Balaban J connectivity index is 1.81. The van der Waals surface area contributed by atoms with Gasteiger partial charge in [-0.2, -0.15) is 0 Å². The van der Waals surface area contributed by atoms with Gasteiger partial charge in [0.1, 0.15) is 18.0 Å². The van der Waals surface area contributed by atoms with Crippen molar-refractivity contribution < 1.29 is 9.18 Å². The van der Waals surface area contributed by atoms with E-state index in [1.165, 1.54) is 23.7 Å². The lowest BCUT2D eigenvalue weighted by molar-refractivity contribution is -0.124. The van der Waals surface area contributed by atoms with Crippen LogP contribution in [0.5, 0.6) is 0 Å². The lowest BCUT2D eigenvalue weighted by atomic mass is 9.97. The van der Waals surface area contributed by atoms with Gasteiger partial charge >= 0.3 is 0 Å². The Labute approximate surface area is 142 Å². The van der Waals surface area contributed by atoms with E-state index in [9.17, 15) is 9.18 Å². The molecule has 1 N–H and O–H groups in total. The number of thiophene rings is 1. The molecule has 3 heterocycles. The maximum Gasteiger partial charge on any atom is 0.224 e. The molecule has 0 aliphatic carbocycles. The number of nitrogens with zero attached hydrogens (tertiary/aromatic N) is 3. The number of benzene rings is 1. The molecule has 1 fully saturated rings. The minimum Gasteiger partial charge on any atom is -0.359 e. The van der Waals surface area contributed by atoms with Gasteiger partial charge in [0.05, 0.1) is 21.5 Å². The van der Waals surface area contributed by atoms with Crippen LogP contribution in [0, 0.1) is 11.7 Å². The lowest BCUT2D eigenvalue weighted by Gasteiger charge is -2.32. The molecule has 1 unspecified atom stereocenters. The van der Waals surface area contributed by atoms with Crippen LogP contribution in [0.1, 0.15) is 12.8 Å². The molecule has 0 radical (unpaired) electrons. The maximum atomic E-state index is 14.2. The predicted molar refractivity (Wildman–Crippen MR) is 93.9 cm³/mol. The fraction of sp³-hybridized carbons (Fsp3) is 0.353. The van der Waals surface area contributed by atoms with E-state index in [4.69, 9.17) is 0 Å². The molecule has 2 aromatic heterocycles. The third kappa shape index (κ3) is 2.39. The van der Waals surface area contributed by atoms with Crippen LogP contribution >= 0.6 is 11.3 Å². The highest BCUT2D eigenvalue weighted by molar-refractivity contribution is 7.26. The molecule has 24 heavy (non-hydrogen) atoms.